The Hall–Kier alpha value is -3.34. The van der Waals surface area contributed by atoms with Crippen LogP contribution in [0.4, 0.5) is 5.69 Å². The fraction of sp³-hybridized carbons (Fsp3) is 0.429. The molecule has 15 nitrogen and oxygen atoms in total. The molecule has 0 radical (unpaired) electrons. The van der Waals surface area contributed by atoms with Crippen molar-refractivity contribution < 1.29 is 47.3 Å². The Kier molecular flexibility index (Phi) is 9.74. The molecule has 0 saturated heterocycles. The number of nitrogens with zero attached hydrogens (tertiary/aromatic N) is 2. The summed E-state index contributed by atoms with van der Waals surface area (Å²) >= 11 is 0. The van der Waals surface area contributed by atoms with Gasteiger partial charge in [0.2, 0.25) is 0 Å². The van der Waals surface area contributed by atoms with Gasteiger partial charge in [0, 0.05) is 23.8 Å². The zero-order valence-corrected chi connectivity index (χ0v) is 17.5. The summed E-state index contributed by atoms with van der Waals surface area (Å²) in [7, 11) is -2.75. The van der Waals surface area contributed by atoms with Crippen molar-refractivity contribution in [1.29, 1.82) is 0 Å². The molecule has 0 aromatic heterocycles. The number of nitrogen functional groups attached to an aromatic ring is 1. The van der Waals surface area contributed by atoms with Crippen molar-refractivity contribution in [3.63, 3.8) is 0 Å². The van der Waals surface area contributed by atoms with Crippen molar-refractivity contribution in [2.24, 2.45) is 0 Å². The predicted molar refractivity (Wildman–Crippen MR) is 104 cm³/mol. The first-order valence-electron chi connectivity index (χ1n) is 8.07. The zero-order valence-electron chi connectivity index (χ0n) is 15.8. The van der Waals surface area contributed by atoms with Crippen molar-refractivity contribution in [3.05, 3.63) is 44.0 Å². The van der Waals surface area contributed by atoms with Gasteiger partial charge in [0.1, 0.15) is 30.6 Å². The van der Waals surface area contributed by atoms with Crippen LogP contribution in [0.25, 0.3) is 0 Å². The third-order valence-electron chi connectivity index (χ3n) is 3.06. The van der Waals surface area contributed by atoms with Crippen LogP contribution in [-0.2, 0) is 28.1 Å². The molecule has 0 amide bonds. The minimum absolute atomic E-state index is 0.0367. The Morgan fingerprint density at radius 2 is 1.90 bits per heavy atom. The largest absolute Gasteiger partial charge is 0.461 e. The van der Waals surface area contributed by atoms with E-state index in [1.807, 2.05) is 0 Å². The molecule has 1 aromatic carbocycles. The fourth-order valence-corrected chi connectivity index (χ4v) is 3.50. The molecule has 0 spiro atoms. The van der Waals surface area contributed by atoms with Crippen LogP contribution in [0, 0.1) is 20.2 Å². The average Bonchev–Trinajstić information content (AvgIpc) is 2.62. The van der Waals surface area contributed by atoms with Gasteiger partial charge < -0.3 is 24.9 Å². The van der Waals surface area contributed by atoms with E-state index in [0.29, 0.717) is 10.8 Å². The van der Waals surface area contributed by atoms with Crippen LogP contribution in [0.1, 0.15) is 16.8 Å². The summed E-state index contributed by atoms with van der Waals surface area (Å²) in [6.45, 7) is -1.18. The van der Waals surface area contributed by atoms with E-state index in [9.17, 15) is 38.2 Å². The lowest BCUT2D eigenvalue weighted by Crippen LogP contribution is -2.29. The normalized spacial score (nSPS) is 11.8. The molecule has 1 atom stereocenters. The van der Waals surface area contributed by atoms with Crippen LogP contribution in [-0.4, -0.2) is 61.9 Å². The van der Waals surface area contributed by atoms with Crippen LogP contribution in [0.15, 0.2) is 18.2 Å². The Bertz CT molecular complexity index is 936. The van der Waals surface area contributed by atoms with Crippen molar-refractivity contribution in [2.45, 2.75) is 12.5 Å². The van der Waals surface area contributed by atoms with Gasteiger partial charge in [0.25, 0.3) is 10.2 Å². The minimum atomic E-state index is -3.32. The first-order valence-corrected chi connectivity index (χ1v) is 11.5. The number of benzene rings is 1. The molecule has 31 heavy (non-hydrogen) atoms. The minimum Gasteiger partial charge on any atom is -0.461 e. The molecule has 0 bridgehead atoms. The van der Waals surface area contributed by atoms with E-state index in [4.69, 9.17) is 15.2 Å². The highest BCUT2D eigenvalue weighted by molar-refractivity contribution is 8.71. The predicted octanol–water partition coefficient (Wildman–Crippen LogP) is 0.199. The van der Waals surface area contributed by atoms with Crippen LogP contribution in [0.3, 0.4) is 0 Å². The van der Waals surface area contributed by atoms with Crippen LogP contribution in [0.5, 0.6) is 5.75 Å². The maximum absolute atomic E-state index is 12.2. The Morgan fingerprint density at radius 1 is 1.23 bits per heavy atom. The summed E-state index contributed by atoms with van der Waals surface area (Å²) in [6.07, 6.45) is -1.50. The van der Waals surface area contributed by atoms with Gasteiger partial charge >= 0.3 is 11.9 Å². The molecule has 17 heteroatoms. The van der Waals surface area contributed by atoms with Gasteiger partial charge in [-0.2, -0.15) is 0 Å². The average molecular weight is 483 g/mol. The van der Waals surface area contributed by atoms with Gasteiger partial charge in [-0.15, -0.1) is 20.2 Å². The van der Waals surface area contributed by atoms with Gasteiger partial charge in [-0.25, -0.2) is 13.2 Å². The fourth-order valence-electron chi connectivity index (χ4n) is 1.93. The zero-order chi connectivity index (χ0) is 23.6. The first-order chi connectivity index (χ1) is 14.4. The van der Waals surface area contributed by atoms with Crippen molar-refractivity contribution in [2.75, 3.05) is 31.0 Å². The molecule has 1 aromatic rings. The summed E-state index contributed by atoms with van der Waals surface area (Å²) < 4.78 is 32.0. The topological polar surface area (TPSA) is 218 Å². The van der Waals surface area contributed by atoms with E-state index < -0.39 is 50.1 Å². The molecular formula is C14H17N3O12S2. The molecule has 172 valence electrons. The Morgan fingerprint density at radius 3 is 2.48 bits per heavy atom. The van der Waals surface area contributed by atoms with E-state index in [1.54, 1.807) is 0 Å². The summed E-state index contributed by atoms with van der Waals surface area (Å²) in [5.41, 5.74) is 5.46. The summed E-state index contributed by atoms with van der Waals surface area (Å²) in [6, 6.07) is 3.60. The van der Waals surface area contributed by atoms with Crippen molar-refractivity contribution in [3.8, 4) is 5.75 Å². The smallest absolute Gasteiger partial charge is 0.341 e. The van der Waals surface area contributed by atoms with Gasteiger partial charge in [0.05, 0.1) is 6.42 Å². The van der Waals surface area contributed by atoms with Gasteiger partial charge in [-0.05, 0) is 22.9 Å². The third kappa shape index (κ3) is 10.8. The second-order valence-electron chi connectivity index (χ2n) is 5.57. The monoisotopic (exact) mass is 483 g/mol. The number of esters is 2. The summed E-state index contributed by atoms with van der Waals surface area (Å²) in [5.74, 6) is -2.48. The number of anilines is 1. The molecule has 0 fully saturated rings. The molecular weight excluding hydrogens is 466 g/mol. The lowest BCUT2D eigenvalue weighted by atomic mass is 10.2. The summed E-state index contributed by atoms with van der Waals surface area (Å²) in [5, 5.41) is 18.2. The lowest BCUT2D eigenvalue weighted by molar-refractivity contribution is -0.789. The van der Waals surface area contributed by atoms with Gasteiger partial charge in [0.15, 0.2) is 8.87 Å². The van der Waals surface area contributed by atoms with E-state index in [-0.39, 0.29) is 29.4 Å². The van der Waals surface area contributed by atoms with E-state index in [1.165, 1.54) is 12.1 Å². The number of ether oxygens (including phenoxy) is 2. The highest BCUT2D eigenvalue weighted by Gasteiger charge is 2.23. The van der Waals surface area contributed by atoms with Crippen LogP contribution < -0.4 is 10.5 Å². The van der Waals surface area contributed by atoms with Gasteiger partial charge in [-0.1, -0.05) is 0 Å². The standard InChI is InChI=1S/C14H17N3O12S2/c1-31(24,25)30-5-4-26-14(19)11-3-2-9(15)6-12(11)28-13(18)7-10(29-17(22)23)8-27-16(20)21/h2-3,6,10H,4-5,7-8,15H2,1H3. The SMILES string of the molecule is CS(=O)(=O)SCCOC(=O)c1ccc(N)cc1OC(=O)CC(CO[N+](=O)[O-])O[N+](=O)[O-]. The molecule has 1 unspecified atom stereocenters. The van der Waals surface area contributed by atoms with Crippen LogP contribution >= 0.6 is 10.8 Å². The highest BCUT2D eigenvalue weighted by Crippen LogP contribution is 2.24. The lowest BCUT2D eigenvalue weighted by Gasteiger charge is -2.14. The number of nitrogens with two attached hydrogens (primary N) is 1. The highest BCUT2D eigenvalue weighted by atomic mass is 33.1. The molecule has 0 aliphatic rings. The molecule has 0 aliphatic heterocycles. The number of carbonyl (C=O) groups is 2. The van der Waals surface area contributed by atoms with Gasteiger partial charge in [-0.3, -0.25) is 4.79 Å². The number of hydrogen-bond donors (Lipinski definition) is 1. The van der Waals surface area contributed by atoms with Crippen LogP contribution in [0.2, 0.25) is 0 Å². The Balaban J connectivity index is 2.82. The number of carbonyl (C=O) groups excluding carboxylic acids is 2. The van der Waals surface area contributed by atoms with E-state index in [0.717, 1.165) is 12.3 Å². The van der Waals surface area contributed by atoms with Crippen molar-refractivity contribution >= 4 is 37.3 Å². The number of rotatable bonds is 13. The second kappa shape index (κ2) is 11.7. The molecule has 1 rings (SSSR count). The molecule has 0 heterocycles. The molecule has 2 N–H and O–H groups in total. The second-order valence-corrected chi connectivity index (χ2v) is 10.1. The number of hydrogen-bond acceptors (Lipinski definition) is 14. The molecule has 0 saturated carbocycles. The van der Waals surface area contributed by atoms with Crippen molar-refractivity contribution in [1.82, 2.24) is 0 Å². The quantitative estimate of drug-likeness (QED) is 0.0753. The first kappa shape index (κ1) is 25.7. The van der Waals surface area contributed by atoms with E-state index in [2.05, 4.69) is 9.68 Å². The third-order valence-corrected chi connectivity index (χ3v) is 5.60. The molecule has 0 aliphatic carbocycles. The Labute approximate surface area is 178 Å². The van der Waals surface area contributed by atoms with E-state index >= 15 is 0 Å². The maximum Gasteiger partial charge on any atom is 0.341 e. The summed E-state index contributed by atoms with van der Waals surface area (Å²) in [4.78, 5) is 53.1. The maximum atomic E-state index is 12.2.